The number of thiophene rings is 1. The minimum Gasteiger partial charge on any atom is -0.311 e. The van der Waals surface area contributed by atoms with Crippen LogP contribution in [0.1, 0.15) is 11.1 Å². The number of hydrogen-bond donors (Lipinski definition) is 0. The van der Waals surface area contributed by atoms with E-state index >= 15 is 0 Å². The van der Waals surface area contributed by atoms with Crippen LogP contribution in [0.15, 0.2) is 140 Å². The van der Waals surface area contributed by atoms with Crippen molar-refractivity contribution in [3.05, 3.63) is 151 Å². The summed E-state index contributed by atoms with van der Waals surface area (Å²) in [5, 5.41) is 7.98. The summed E-state index contributed by atoms with van der Waals surface area (Å²) in [6.45, 7) is 4.26. The van der Waals surface area contributed by atoms with E-state index in [0.29, 0.717) is 0 Å². The number of hydrogen-bond acceptors (Lipinski definition) is 2. The van der Waals surface area contributed by atoms with Gasteiger partial charge in [0.05, 0.1) is 0 Å². The molecule has 0 atom stereocenters. The molecule has 0 amide bonds. The minimum atomic E-state index is 1.15. The van der Waals surface area contributed by atoms with E-state index in [-0.39, 0.29) is 0 Å². The highest BCUT2D eigenvalue weighted by Gasteiger charge is 2.15. The Morgan fingerprint density at radius 2 is 0.929 bits per heavy atom. The summed E-state index contributed by atoms with van der Waals surface area (Å²) in [6.07, 6.45) is 0. The van der Waals surface area contributed by atoms with E-state index in [1.165, 1.54) is 64.3 Å². The Kier molecular flexibility index (Phi) is 5.84. The molecule has 1 nitrogen and oxygen atoms in total. The fourth-order valence-electron chi connectivity index (χ4n) is 6.20. The van der Waals surface area contributed by atoms with Crippen molar-refractivity contribution in [1.29, 1.82) is 0 Å². The molecule has 8 aromatic rings. The molecule has 2 heteroatoms. The van der Waals surface area contributed by atoms with E-state index in [4.69, 9.17) is 0 Å². The molecule has 0 saturated carbocycles. The van der Waals surface area contributed by atoms with Crippen LogP contribution in [0, 0.1) is 13.8 Å². The standard InChI is InChI=1S/C40H29NS/c1-26-6-16-32(17-7-26)41(33-18-8-27(2)9-19-33)34-20-12-28(13-21-34)37-24-25-38(42-37)35-22-14-31-11-10-29-4-3-5-30-15-23-36(35)40(31)39(29)30/h3-25H,1-2H3. The van der Waals surface area contributed by atoms with Crippen LogP contribution in [0.5, 0.6) is 0 Å². The normalized spacial score (nSPS) is 11.6. The number of anilines is 3. The lowest BCUT2D eigenvalue weighted by Crippen LogP contribution is -2.09. The van der Waals surface area contributed by atoms with Crippen molar-refractivity contribution in [2.24, 2.45) is 0 Å². The third kappa shape index (κ3) is 4.15. The number of benzene rings is 7. The van der Waals surface area contributed by atoms with Crippen LogP contribution in [0.25, 0.3) is 53.2 Å². The lowest BCUT2D eigenvalue weighted by molar-refractivity contribution is 1.27. The average Bonchev–Trinajstić information content (AvgIpc) is 3.52. The maximum Gasteiger partial charge on any atom is 0.0462 e. The van der Waals surface area contributed by atoms with Crippen molar-refractivity contribution < 1.29 is 0 Å². The minimum absolute atomic E-state index is 1.15. The second-order valence-electron chi connectivity index (χ2n) is 11.2. The second kappa shape index (κ2) is 9.87. The quantitative estimate of drug-likeness (QED) is 0.191. The third-order valence-electron chi connectivity index (χ3n) is 8.39. The Morgan fingerprint density at radius 1 is 0.429 bits per heavy atom. The molecule has 0 aliphatic carbocycles. The summed E-state index contributed by atoms with van der Waals surface area (Å²) < 4.78 is 0. The molecule has 0 radical (unpaired) electrons. The van der Waals surface area contributed by atoms with Gasteiger partial charge in [-0.05, 0) is 106 Å². The van der Waals surface area contributed by atoms with Gasteiger partial charge in [0, 0.05) is 26.8 Å². The van der Waals surface area contributed by atoms with Crippen LogP contribution < -0.4 is 4.90 Å². The number of rotatable bonds is 5. The largest absolute Gasteiger partial charge is 0.311 e. The molecule has 0 aliphatic rings. The highest BCUT2D eigenvalue weighted by Crippen LogP contribution is 2.43. The van der Waals surface area contributed by atoms with Crippen LogP contribution in [-0.4, -0.2) is 0 Å². The highest BCUT2D eigenvalue weighted by molar-refractivity contribution is 7.18. The fraction of sp³-hybridized carbons (Fsp3) is 0.0500. The first-order chi connectivity index (χ1) is 20.6. The molecular weight excluding hydrogens is 527 g/mol. The summed E-state index contributed by atoms with van der Waals surface area (Å²) in [6, 6.07) is 51.3. The maximum atomic E-state index is 2.33. The first-order valence-corrected chi connectivity index (χ1v) is 15.2. The topological polar surface area (TPSA) is 3.24 Å². The van der Waals surface area contributed by atoms with Gasteiger partial charge in [0.25, 0.3) is 0 Å². The fourth-order valence-corrected chi connectivity index (χ4v) is 7.25. The Morgan fingerprint density at radius 3 is 1.55 bits per heavy atom. The van der Waals surface area contributed by atoms with E-state index in [1.54, 1.807) is 0 Å². The number of aryl methyl sites for hydroxylation is 2. The Bertz CT molecular complexity index is 2120. The Balaban J connectivity index is 1.17. The van der Waals surface area contributed by atoms with E-state index in [1.807, 2.05) is 11.3 Å². The van der Waals surface area contributed by atoms with Gasteiger partial charge >= 0.3 is 0 Å². The van der Waals surface area contributed by atoms with Gasteiger partial charge in [0.1, 0.15) is 0 Å². The van der Waals surface area contributed by atoms with Gasteiger partial charge in [-0.2, -0.15) is 0 Å². The molecule has 0 unspecified atom stereocenters. The van der Waals surface area contributed by atoms with Gasteiger partial charge in [0.15, 0.2) is 0 Å². The molecule has 0 fully saturated rings. The van der Waals surface area contributed by atoms with Crippen molar-refractivity contribution in [2.75, 3.05) is 4.90 Å². The lowest BCUT2D eigenvalue weighted by Gasteiger charge is -2.26. The van der Waals surface area contributed by atoms with Gasteiger partial charge in [-0.25, -0.2) is 0 Å². The second-order valence-corrected chi connectivity index (χ2v) is 12.3. The Hall–Kier alpha value is -4.92. The zero-order chi connectivity index (χ0) is 28.2. The van der Waals surface area contributed by atoms with Crippen molar-refractivity contribution in [3.63, 3.8) is 0 Å². The summed E-state index contributed by atoms with van der Waals surface area (Å²) in [5.41, 5.74) is 8.52. The van der Waals surface area contributed by atoms with Gasteiger partial charge in [0.2, 0.25) is 0 Å². The van der Waals surface area contributed by atoms with E-state index in [9.17, 15) is 0 Å². The first-order valence-electron chi connectivity index (χ1n) is 14.4. The third-order valence-corrected chi connectivity index (χ3v) is 9.56. The molecule has 200 valence electrons. The van der Waals surface area contributed by atoms with Gasteiger partial charge in [-0.1, -0.05) is 102 Å². The molecule has 0 spiro atoms. The summed E-state index contributed by atoms with van der Waals surface area (Å²) in [4.78, 5) is 4.90. The van der Waals surface area contributed by atoms with E-state index in [2.05, 4.69) is 158 Å². The molecule has 0 N–H and O–H groups in total. The molecule has 8 rings (SSSR count). The monoisotopic (exact) mass is 555 g/mol. The van der Waals surface area contributed by atoms with Crippen LogP contribution in [0.4, 0.5) is 17.1 Å². The molecule has 0 bridgehead atoms. The van der Waals surface area contributed by atoms with Crippen molar-refractivity contribution >= 4 is 60.7 Å². The van der Waals surface area contributed by atoms with Crippen LogP contribution in [0.3, 0.4) is 0 Å². The zero-order valence-corrected chi connectivity index (χ0v) is 24.5. The molecule has 1 aromatic heterocycles. The SMILES string of the molecule is Cc1ccc(N(c2ccc(C)cc2)c2ccc(-c3ccc(-c4ccc5ccc6cccc7ccc4c5c67)s3)cc2)cc1. The van der Waals surface area contributed by atoms with E-state index in [0.717, 1.165) is 17.1 Å². The highest BCUT2D eigenvalue weighted by atomic mass is 32.1. The summed E-state index contributed by atoms with van der Waals surface area (Å²) in [5.74, 6) is 0. The lowest BCUT2D eigenvalue weighted by atomic mass is 9.91. The molecule has 7 aromatic carbocycles. The zero-order valence-electron chi connectivity index (χ0n) is 23.6. The molecular formula is C40H29NS. The smallest absolute Gasteiger partial charge is 0.0462 e. The first kappa shape index (κ1) is 24.8. The van der Waals surface area contributed by atoms with Crippen LogP contribution >= 0.6 is 11.3 Å². The Labute approximate surface area is 250 Å². The molecule has 0 aliphatic heterocycles. The van der Waals surface area contributed by atoms with Gasteiger partial charge < -0.3 is 4.90 Å². The predicted molar refractivity (Wildman–Crippen MR) is 183 cm³/mol. The molecule has 1 heterocycles. The number of nitrogens with zero attached hydrogens (tertiary/aromatic N) is 1. The van der Waals surface area contributed by atoms with Crippen molar-refractivity contribution in [2.45, 2.75) is 13.8 Å². The summed E-state index contributed by atoms with van der Waals surface area (Å²) in [7, 11) is 0. The maximum absolute atomic E-state index is 2.33. The average molecular weight is 556 g/mol. The van der Waals surface area contributed by atoms with Crippen molar-refractivity contribution in [1.82, 2.24) is 0 Å². The van der Waals surface area contributed by atoms with Gasteiger partial charge in [-0.3, -0.25) is 0 Å². The van der Waals surface area contributed by atoms with Crippen LogP contribution in [0.2, 0.25) is 0 Å². The summed E-state index contributed by atoms with van der Waals surface area (Å²) >= 11 is 1.87. The molecule has 42 heavy (non-hydrogen) atoms. The molecule has 0 saturated heterocycles. The van der Waals surface area contributed by atoms with Crippen LogP contribution in [-0.2, 0) is 0 Å². The van der Waals surface area contributed by atoms with Crippen molar-refractivity contribution in [3.8, 4) is 20.9 Å². The van der Waals surface area contributed by atoms with Gasteiger partial charge in [-0.15, -0.1) is 11.3 Å². The predicted octanol–water partition coefficient (Wildman–Crippen LogP) is 12.1. The van der Waals surface area contributed by atoms with E-state index < -0.39 is 0 Å².